The third-order valence-electron chi connectivity index (χ3n) is 4.46. The lowest BCUT2D eigenvalue weighted by Crippen LogP contribution is -2.33. The molecule has 20 heavy (non-hydrogen) atoms. The molecule has 3 rings (SSSR count). The highest BCUT2D eigenvalue weighted by Gasteiger charge is 2.48. The number of alkyl halides is 1. The topological polar surface area (TPSA) is 42.2 Å². The summed E-state index contributed by atoms with van der Waals surface area (Å²) >= 11 is 0. The Kier molecular flexibility index (Phi) is 3.55. The lowest BCUT2D eigenvalue weighted by atomic mass is 9.94. The van der Waals surface area contributed by atoms with Crippen molar-refractivity contribution in [2.75, 3.05) is 6.61 Å². The summed E-state index contributed by atoms with van der Waals surface area (Å²) in [5.41, 5.74) is 1.34. The minimum absolute atomic E-state index is 0.00117. The molecule has 3 aliphatic rings. The summed E-state index contributed by atoms with van der Waals surface area (Å²) in [7, 11) is 0. The van der Waals surface area contributed by atoms with Gasteiger partial charge in [0.05, 0.1) is 17.8 Å². The third kappa shape index (κ3) is 2.60. The van der Waals surface area contributed by atoms with Crippen molar-refractivity contribution in [1.82, 2.24) is 0 Å². The number of hydrogen-bond donors (Lipinski definition) is 0. The van der Waals surface area contributed by atoms with E-state index in [2.05, 4.69) is 6.07 Å². The highest BCUT2D eigenvalue weighted by atomic mass is 19.1. The molecule has 0 amide bonds. The molecule has 1 aliphatic heterocycles. The summed E-state index contributed by atoms with van der Waals surface area (Å²) in [6, 6.07) is 2.08. The van der Waals surface area contributed by atoms with Gasteiger partial charge in [-0.25, -0.2) is 4.39 Å². The minimum Gasteiger partial charge on any atom is -0.490 e. The number of allylic oxidation sites excluding steroid dienone is 4. The molecule has 1 spiro atoms. The predicted molar refractivity (Wildman–Crippen MR) is 72.6 cm³/mol. The quantitative estimate of drug-likeness (QED) is 0.792. The van der Waals surface area contributed by atoms with Crippen LogP contribution in [0.3, 0.4) is 0 Å². The fourth-order valence-corrected chi connectivity index (χ4v) is 3.05. The van der Waals surface area contributed by atoms with E-state index in [4.69, 9.17) is 9.47 Å². The van der Waals surface area contributed by atoms with E-state index >= 15 is 0 Å². The van der Waals surface area contributed by atoms with Gasteiger partial charge in [-0.05, 0) is 25.3 Å². The number of rotatable bonds is 3. The molecule has 4 heteroatoms. The van der Waals surface area contributed by atoms with Crippen LogP contribution >= 0.6 is 0 Å². The van der Waals surface area contributed by atoms with Crippen molar-refractivity contribution in [1.29, 1.82) is 5.26 Å². The number of hydrogen-bond acceptors (Lipinski definition) is 3. The maximum atomic E-state index is 14.3. The van der Waals surface area contributed by atoms with Gasteiger partial charge in [0, 0.05) is 19.3 Å². The van der Waals surface area contributed by atoms with Crippen LogP contribution < -0.4 is 0 Å². The van der Waals surface area contributed by atoms with Gasteiger partial charge in [0.1, 0.15) is 17.9 Å². The summed E-state index contributed by atoms with van der Waals surface area (Å²) in [4.78, 5) is 0. The first-order valence-electron chi connectivity index (χ1n) is 7.44. The van der Waals surface area contributed by atoms with Gasteiger partial charge in [-0.3, -0.25) is 0 Å². The van der Waals surface area contributed by atoms with E-state index in [1.54, 1.807) is 6.08 Å². The smallest absolute Gasteiger partial charge is 0.162 e. The van der Waals surface area contributed by atoms with E-state index in [0.29, 0.717) is 18.6 Å². The van der Waals surface area contributed by atoms with Crippen LogP contribution in [0.25, 0.3) is 0 Å². The molecule has 1 saturated carbocycles. The molecule has 0 aromatic rings. The number of ether oxygens (including phenoxy) is 2. The van der Waals surface area contributed by atoms with Crippen LogP contribution in [0.4, 0.5) is 4.39 Å². The van der Waals surface area contributed by atoms with E-state index in [0.717, 1.165) is 37.7 Å². The Hall–Kier alpha value is -1.34. The zero-order valence-electron chi connectivity index (χ0n) is 11.8. The molecule has 2 fully saturated rings. The first-order valence-corrected chi connectivity index (χ1v) is 7.44. The second kappa shape index (κ2) is 5.21. The highest BCUT2D eigenvalue weighted by Crippen LogP contribution is 2.47. The van der Waals surface area contributed by atoms with Gasteiger partial charge < -0.3 is 9.47 Å². The van der Waals surface area contributed by atoms with Crippen molar-refractivity contribution in [3.8, 4) is 6.07 Å². The maximum absolute atomic E-state index is 14.3. The summed E-state index contributed by atoms with van der Waals surface area (Å²) in [5, 5.41) is 9.21. The van der Waals surface area contributed by atoms with Gasteiger partial charge in [-0.1, -0.05) is 12.5 Å². The van der Waals surface area contributed by atoms with E-state index in [-0.39, 0.29) is 17.5 Å². The second-order valence-corrected chi connectivity index (χ2v) is 5.98. The van der Waals surface area contributed by atoms with Crippen LogP contribution in [-0.4, -0.2) is 24.5 Å². The SMILES string of the molecule is CCC1=CC(C#N)=C(OC2CCOC3(CC3)C2)C(F)C1. The Morgan fingerprint density at radius 2 is 2.35 bits per heavy atom. The zero-order chi connectivity index (χ0) is 14.2. The number of halogens is 1. The molecule has 0 radical (unpaired) electrons. The third-order valence-corrected chi connectivity index (χ3v) is 4.46. The zero-order valence-corrected chi connectivity index (χ0v) is 11.8. The first-order chi connectivity index (χ1) is 9.65. The molecule has 2 unspecified atom stereocenters. The lowest BCUT2D eigenvalue weighted by Gasteiger charge is -2.32. The lowest BCUT2D eigenvalue weighted by molar-refractivity contribution is -0.0741. The fraction of sp³-hybridized carbons (Fsp3) is 0.688. The summed E-state index contributed by atoms with van der Waals surface area (Å²) in [6.07, 6.45) is 5.49. The summed E-state index contributed by atoms with van der Waals surface area (Å²) < 4.78 is 25.9. The van der Waals surface area contributed by atoms with Gasteiger partial charge in [-0.15, -0.1) is 0 Å². The van der Waals surface area contributed by atoms with Crippen LogP contribution in [0.1, 0.15) is 45.4 Å². The molecule has 2 aliphatic carbocycles. The Morgan fingerprint density at radius 3 is 3.00 bits per heavy atom. The van der Waals surface area contributed by atoms with Gasteiger partial charge in [0.25, 0.3) is 0 Å². The average molecular weight is 277 g/mol. The minimum atomic E-state index is -1.18. The van der Waals surface area contributed by atoms with E-state index in [1.807, 2.05) is 6.92 Å². The summed E-state index contributed by atoms with van der Waals surface area (Å²) in [5.74, 6) is 0.243. The highest BCUT2D eigenvalue weighted by molar-refractivity contribution is 5.43. The van der Waals surface area contributed by atoms with E-state index < -0.39 is 6.17 Å². The fourth-order valence-electron chi connectivity index (χ4n) is 3.05. The average Bonchev–Trinajstić information content (AvgIpc) is 3.19. The van der Waals surface area contributed by atoms with Crippen molar-refractivity contribution in [2.45, 2.75) is 63.3 Å². The molecule has 108 valence electrons. The Morgan fingerprint density at radius 1 is 1.55 bits per heavy atom. The van der Waals surface area contributed by atoms with Crippen molar-refractivity contribution >= 4 is 0 Å². The largest absolute Gasteiger partial charge is 0.490 e. The van der Waals surface area contributed by atoms with Crippen molar-refractivity contribution in [3.63, 3.8) is 0 Å². The molecule has 0 aromatic carbocycles. The van der Waals surface area contributed by atoms with Crippen LogP contribution in [0.2, 0.25) is 0 Å². The van der Waals surface area contributed by atoms with Crippen molar-refractivity contribution in [2.24, 2.45) is 0 Å². The maximum Gasteiger partial charge on any atom is 0.162 e. The van der Waals surface area contributed by atoms with E-state index in [1.165, 1.54) is 0 Å². The predicted octanol–water partition coefficient (Wildman–Crippen LogP) is 3.57. The Labute approximate surface area is 119 Å². The van der Waals surface area contributed by atoms with Crippen LogP contribution in [0, 0.1) is 11.3 Å². The van der Waals surface area contributed by atoms with Crippen LogP contribution in [0.5, 0.6) is 0 Å². The Balaban J connectivity index is 1.75. The molecule has 2 atom stereocenters. The molecule has 1 heterocycles. The molecule has 0 bridgehead atoms. The van der Waals surface area contributed by atoms with Gasteiger partial charge in [-0.2, -0.15) is 5.26 Å². The van der Waals surface area contributed by atoms with Crippen LogP contribution in [-0.2, 0) is 9.47 Å². The van der Waals surface area contributed by atoms with Crippen molar-refractivity contribution in [3.05, 3.63) is 23.0 Å². The standard InChI is InChI=1S/C16H20FNO2/c1-2-11-7-12(10-18)15(14(17)8-11)20-13-3-6-19-16(9-13)4-5-16/h7,13-14H,2-6,8-9H2,1H3. The molecular formula is C16H20FNO2. The van der Waals surface area contributed by atoms with Gasteiger partial charge >= 0.3 is 0 Å². The van der Waals surface area contributed by atoms with Crippen LogP contribution in [0.15, 0.2) is 23.0 Å². The molecular weight excluding hydrogens is 257 g/mol. The summed E-state index contributed by atoms with van der Waals surface area (Å²) in [6.45, 7) is 2.65. The number of nitriles is 1. The van der Waals surface area contributed by atoms with E-state index in [9.17, 15) is 9.65 Å². The van der Waals surface area contributed by atoms with Gasteiger partial charge in [0.2, 0.25) is 0 Å². The first kappa shape index (κ1) is 13.6. The molecule has 1 saturated heterocycles. The monoisotopic (exact) mass is 277 g/mol. The molecule has 0 N–H and O–H groups in total. The molecule has 0 aromatic heterocycles. The Bertz CT molecular complexity index is 499. The number of nitrogens with zero attached hydrogens (tertiary/aromatic N) is 1. The molecule has 3 nitrogen and oxygen atoms in total. The normalized spacial score (nSPS) is 31.8. The van der Waals surface area contributed by atoms with Gasteiger partial charge in [0.15, 0.2) is 6.17 Å². The second-order valence-electron chi connectivity index (χ2n) is 5.98. The van der Waals surface area contributed by atoms with Crippen molar-refractivity contribution < 1.29 is 13.9 Å².